The van der Waals surface area contributed by atoms with Gasteiger partial charge < -0.3 is 14.5 Å². The van der Waals surface area contributed by atoms with E-state index in [1.54, 1.807) is 0 Å². The lowest BCUT2D eigenvalue weighted by Crippen LogP contribution is -2.44. The van der Waals surface area contributed by atoms with Crippen LogP contribution in [0.3, 0.4) is 0 Å². The van der Waals surface area contributed by atoms with Crippen LogP contribution in [0.2, 0.25) is 0 Å². The molecule has 0 saturated carbocycles. The molecule has 1 heterocycles. The minimum atomic E-state index is 0.810. The number of benzene rings is 1. The molecular formula is C17H28N2O. The van der Waals surface area contributed by atoms with Gasteiger partial charge in [0.05, 0.1) is 6.61 Å². The van der Waals surface area contributed by atoms with Gasteiger partial charge in [-0.3, -0.25) is 0 Å². The fourth-order valence-electron chi connectivity index (χ4n) is 2.59. The van der Waals surface area contributed by atoms with Gasteiger partial charge in [0.25, 0.3) is 0 Å². The molecule has 0 atom stereocenters. The van der Waals surface area contributed by atoms with Crippen LogP contribution in [0, 0.1) is 0 Å². The summed E-state index contributed by atoms with van der Waals surface area (Å²) in [6.45, 7) is 9.02. The summed E-state index contributed by atoms with van der Waals surface area (Å²) in [6, 6.07) is 8.57. The predicted octanol–water partition coefficient (Wildman–Crippen LogP) is 2.66. The van der Waals surface area contributed by atoms with Crippen molar-refractivity contribution >= 4 is 0 Å². The van der Waals surface area contributed by atoms with Crippen molar-refractivity contribution in [3.63, 3.8) is 0 Å². The molecular weight excluding hydrogens is 248 g/mol. The van der Waals surface area contributed by atoms with E-state index in [0.29, 0.717) is 0 Å². The van der Waals surface area contributed by atoms with E-state index < -0.39 is 0 Å². The van der Waals surface area contributed by atoms with Crippen molar-refractivity contribution in [2.75, 3.05) is 46.4 Å². The first-order valence-corrected chi connectivity index (χ1v) is 7.90. The maximum absolute atomic E-state index is 5.69. The highest BCUT2D eigenvalue weighted by Gasteiger charge is 2.12. The standard InChI is InChI=1S/C17H28N2O/c1-3-14-20-17-8-4-6-16(15-17)7-5-9-19-12-10-18(2)11-13-19/h4,6,8,15H,3,5,7,9-14H2,1-2H3. The van der Waals surface area contributed by atoms with Crippen LogP contribution in [-0.4, -0.2) is 56.2 Å². The Kier molecular flexibility index (Phi) is 6.34. The molecule has 0 amide bonds. The molecule has 0 unspecified atom stereocenters. The Morgan fingerprint density at radius 3 is 2.70 bits per heavy atom. The van der Waals surface area contributed by atoms with Crippen molar-refractivity contribution in [1.82, 2.24) is 9.80 Å². The van der Waals surface area contributed by atoms with Crippen LogP contribution in [0.15, 0.2) is 24.3 Å². The van der Waals surface area contributed by atoms with Crippen molar-refractivity contribution in [3.05, 3.63) is 29.8 Å². The van der Waals surface area contributed by atoms with Gasteiger partial charge in [-0.2, -0.15) is 0 Å². The van der Waals surface area contributed by atoms with Crippen LogP contribution in [-0.2, 0) is 6.42 Å². The molecule has 1 aliphatic heterocycles. The van der Waals surface area contributed by atoms with Gasteiger partial charge in [-0.25, -0.2) is 0 Å². The molecule has 0 bridgehead atoms. The number of rotatable bonds is 7. The molecule has 112 valence electrons. The molecule has 2 rings (SSSR count). The van der Waals surface area contributed by atoms with Crippen LogP contribution in [0.1, 0.15) is 25.3 Å². The first-order valence-electron chi connectivity index (χ1n) is 7.90. The van der Waals surface area contributed by atoms with Crippen LogP contribution in [0.5, 0.6) is 5.75 Å². The van der Waals surface area contributed by atoms with E-state index >= 15 is 0 Å². The van der Waals surface area contributed by atoms with E-state index in [4.69, 9.17) is 4.74 Å². The van der Waals surface area contributed by atoms with E-state index in [1.807, 2.05) is 0 Å². The summed E-state index contributed by atoms with van der Waals surface area (Å²) in [6.07, 6.45) is 3.45. The monoisotopic (exact) mass is 276 g/mol. The average molecular weight is 276 g/mol. The third-order valence-corrected chi connectivity index (χ3v) is 3.91. The van der Waals surface area contributed by atoms with Crippen molar-refractivity contribution < 1.29 is 4.74 Å². The summed E-state index contributed by atoms with van der Waals surface area (Å²) in [5.74, 6) is 1.02. The molecule has 0 aromatic heterocycles. The quantitative estimate of drug-likeness (QED) is 0.761. The third-order valence-electron chi connectivity index (χ3n) is 3.91. The van der Waals surface area contributed by atoms with Crippen LogP contribution < -0.4 is 4.74 Å². The second-order valence-corrected chi connectivity index (χ2v) is 5.74. The van der Waals surface area contributed by atoms with Gasteiger partial charge in [-0.05, 0) is 50.6 Å². The zero-order valence-corrected chi connectivity index (χ0v) is 13.0. The zero-order valence-electron chi connectivity index (χ0n) is 13.0. The van der Waals surface area contributed by atoms with Crippen molar-refractivity contribution in [2.24, 2.45) is 0 Å². The smallest absolute Gasteiger partial charge is 0.119 e. The largest absolute Gasteiger partial charge is 0.494 e. The van der Waals surface area contributed by atoms with Crippen LogP contribution in [0.25, 0.3) is 0 Å². The SMILES string of the molecule is CCCOc1cccc(CCCN2CCN(C)CC2)c1. The van der Waals surface area contributed by atoms with E-state index in [2.05, 4.69) is 48.0 Å². The lowest BCUT2D eigenvalue weighted by Gasteiger charge is -2.32. The van der Waals surface area contributed by atoms with E-state index in [-0.39, 0.29) is 0 Å². The topological polar surface area (TPSA) is 15.7 Å². The van der Waals surface area contributed by atoms with Crippen molar-refractivity contribution in [1.29, 1.82) is 0 Å². The number of piperazine rings is 1. The minimum absolute atomic E-state index is 0.810. The highest BCUT2D eigenvalue weighted by Crippen LogP contribution is 2.15. The summed E-state index contributed by atoms with van der Waals surface area (Å²) in [4.78, 5) is 4.99. The van der Waals surface area contributed by atoms with Crippen molar-refractivity contribution in [2.45, 2.75) is 26.2 Å². The summed E-state index contributed by atoms with van der Waals surface area (Å²) in [5.41, 5.74) is 1.40. The van der Waals surface area contributed by atoms with Gasteiger partial charge in [-0.15, -0.1) is 0 Å². The summed E-state index contributed by atoms with van der Waals surface area (Å²) >= 11 is 0. The van der Waals surface area contributed by atoms with Gasteiger partial charge in [0.1, 0.15) is 5.75 Å². The molecule has 1 saturated heterocycles. The number of hydrogen-bond acceptors (Lipinski definition) is 3. The van der Waals surface area contributed by atoms with E-state index in [9.17, 15) is 0 Å². The first-order chi connectivity index (χ1) is 9.78. The van der Waals surface area contributed by atoms with Gasteiger partial charge in [0, 0.05) is 26.2 Å². The molecule has 0 N–H and O–H groups in total. The van der Waals surface area contributed by atoms with E-state index in [1.165, 1.54) is 44.7 Å². The number of aryl methyl sites for hydroxylation is 1. The number of ether oxygens (including phenoxy) is 1. The molecule has 0 radical (unpaired) electrons. The highest BCUT2D eigenvalue weighted by molar-refractivity contribution is 5.28. The maximum atomic E-state index is 5.69. The molecule has 3 heteroatoms. The summed E-state index contributed by atoms with van der Waals surface area (Å²) in [7, 11) is 2.21. The molecule has 20 heavy (non-hydrogen) atoms. The van der Waals surface area contributed by atoms with Crippen LogP contribution in [0.4, 0.5) is 0 Å². The van der Waals surface area contributed by atoms with Crippen molar-refractivity contribution in [3.8, 4) is 5.75 Å². The fraction of sp³-hybridized carbons (Fsp3) is 0.647. The van der Waals surface area contributed by atoms with E-state index in [0.717, 1.165) is 25.2 Å². The molecule has 3 nitrogen and oxygen atoms in total. The molecule has 1 aromatic carbocycles. The zero-order chi connectivity index (χ0) is 14.2. The molecule has 1 aliphatic rings. The Labute approximate surface area is 123 Å². The summed E-state index contributed by atoms with van der Waals surface area (Å²) < 4.78 is 5.69. The fourth-order valence-corrected chi connectivity index (χ4v) is 2.59. The Balaban J connectivity index is 1.70. The number of hydrogen-bond donors (Lipinski definition) is 0. The molecule has 1 fully saturated rings. The lowest BCUT2D eigenvalue weighted by atomic mass is 10.1. The lowest BCUT2D eigenvalue weighted by molar-refractivity contribution is 0.153. The first kappa shape index (κ1) is 15.3. The Bertz CT molecular complexity index is 386. The van der Waals surface area contributed by atoms with Gasteiger partial charge in [-0.1, -0.05) is 19.1 Å². The highest BCUT2D eigenvalue weighted by atomic mass is 16.5. The predicted molar refractivity (Wildman–Crippen MR) is 84.5 cm³/mol. The Morgan fingerprint density at radius 2 is 1.95 bits per heavy atom. The normalized spacial score (nSPS) is 17.3. The van der Waals surface area contributed by atoms with Gasteiger partial charge in [0.15, 0.2) is 0 Å². The molecule has 0 aliphatic carbocycles. The van der Waals surface area contributed by atoms with Gasteiger partial charge in [0.2, 0.25) is 0 Å². The second-order valence-electron chi connectivity index (χ2n) is 5.74. The number of likely N-dealkylation sites (N-methyl/N-ethyl adjacent to an activating group) is 1. The summed E-state index contributed by atoms with van der Waals surface area (Å²) in [5, 5.41) is 0. The Morgan fingerprint density at radius 1 is 1.15 bits per heavy atom. The van der Waals surface area contributed by atoms with Crippen LogP contribution >= 0.6 is 0 Å². The minimum Gasteiger partial charge on any atom is -0.494 e. The van der Waals surface area contributed by atoms with Gasteiger partial charge >= 0.3 is 0 Å². The maximum Gasteiger partial charge on any atom is 0.119 e. The molecule has 1 aromatic rings. The molecule has 0 spiro atoms. The number of nitrogens with zero attached hydrogens (tertiary/aromatic N) is 2. The average Bonchev–Trinajstić information content (AvgIpc) is 2.48. The third kappa shape index (κ3) is 5.14. The second kappa shape index (κ2) is 8.28. The Hall–Kier alpha value is -1.06.